The molecule has 3 aromatic rings. The normalized spacial score (nSPS) is 25.6. The number of hydrogen-bond donors (Lipinski definition) is 3. The summed E-state index contributed by atoms with van der Waals surface area (Å²) in [6, 6.07) is 21.0. The summed E-state index contributed by atoms with van der Waals surface area (Å²) >= 11 is 6.30. The van der Waals surface area contributed by atoms with Crippen LogP contribution in [0, 0.1) is 0 Å². The van der Waals surface area contributed by atoms with Gasteiger partial charge in [0.1, 0.15) is 18.3 Å². The molecule has 2 amide bonds. The Morgan fingerprint density at radius 3 is 2.42 bits per heavy atom. The maximum Gasteiger partial charge on any atom is 0.411 e. The van der Waals surface area contributed by atoms with Crippen LogP contribution >= 0.6 is 11.6 Å². The van der Waals surface area contributed by atoms with Crippen LogP contribution in [0.3, 0.4) is 0 Å². The molecule has 3 heterocycles. The van der Waals surface area contributed by atoms with Gasteiger partial charge in [0, 0.05) is 30.5 Å². The van der Waals surface area contributed by atoms with Crippen LogP contribution in [0.1, 0.15) is 36.8 Å². The van der Waals surface area contributed by atoms with Crippen LogP contribution < -0.4 is 10.6 Å². The summed E-state index contributed by atoms with van der Waals surface area (Å²) in [5.74, 6) is -0.784. The van der Waals surface area contributed by atoms with Gasteiger partial charge in [-0.15, -0.1) is 0 Å². The molecule has 5 unspecified atom stereocenters. The van der Waals surface area contributed by atoms with Gasteiger partial charge in [-0.2, -0.15) is 0 Å². The molecule has 3 aliphatic rings. The zero-order valence-corrected chi connectivity index (χ0v) is 23.1. The predicted molar refractivity (Wildman–Crippen MR) is 153 cm³/mol. The minimum atomic E-state index is -0.536. The number of likely N-dealkylation sites (N-methyl/N-ethyl adjacent to an activating group) is 1. The lowest BCUT2D eigenvalue weighted by Crippen LogP contribution is -2.48. The fourth-order valence-electron chi connectivity index (χ4n) is 6.04. The highest BCUT2D eigenvalue weighted by molar-refractivity contribution is 6.33. The molecule has 208 valence electrons. The van der Waals surface area contributed by atoms with Gasteiger partial charge in [-0.3, -0.25) is 15.0 Å². The zero-order chi connectivity index (χ0) is 28.0. The highest BCUT2D eigenvalue weighted by atomic mass is 35.5. The van der Waals surface area contributed by atoms with E-state index in [1.54, 1.807) is 25.1 Å². The number of nitrogens with zero attached hydrogens (tertiary/aromatic N) is 1. The summed E-state index contributed by atoms with van der Waals surface area (Å²) in [7, 11) is 2.12. The molecule has 0 aromatic heterocycles. The third-order valence-electron chi connectivity index (χ3n) is 8.38. The van der Waals surface area contributed by atoms with E-state index < -0.39 is 12.0 Å². The first-order valence-corrected chi connectivity index (χ1v) is 13.9. The molecule has 0 radical (unpaired) electrons. The van der Waals surface area contributed by atoms with E-state index in [-0.39, 0.29) is 42.9 Å². The first-order valence-electron chi connectivity index (χ1n) is 13.6. The van der Waals surface area contributed by atoms with Crippen molar-refractivity contribution in [2.75, 3.05) is 17.7 Å². The number of carbonyl (C=O) groups excluding carboxylic acids is 2. The second-order valence-electron chi connectivity index (χ2n) is 10.8. The van der Waals surface area contributed by atoms with Crippen molar-refractivity contribution in [3.8, 4) is 11.1 Å². The number of halogens is 1. The minimum Gasteiger partial charge on any atom is -0.446 e. The Morgan fingerprint density at radius 2 is 1.75 bits per heavy atom. The van der Waals surface area contributed by atoms with Crippen LogP contribution in [-0.2, 0) is 20.9 Å². The number of epoxide rings is 1. The number of aliphatic hydroxyl groups excluding tert-OH is 1. The molecule has 9 heteroatoms. The number of rotatable bonds is 7. The number of anilines is 2. The summed E-state index contributed by atoms with van der Waals surface area (Å²) in [6.45, 7) is 1.66. The molecular formula is C31H32ClN3O5. The minimum absolute atomic E-state index is 0.134. The number of ether oxygens (including phenoxy) is 2. The molecule has 6 rings (SSSR count). The van der Waals surface area contributed by atoms with Crippen LogP contribution in [0.5, 0.6) is 0 Å². The van der Waals surface area contributed by atoms with Gasteiger partial charge in [-0.25, -0.2) is 4.79 Å². The number of carbonyl (C=O) groups is 2. The van der Waals surface area contributed by atoms with Crippen LogP contribution in [0.4, 0.5) is 16.2 Å². The fraction of sp³-hybridized carbons (Fsp3) is 0.355. The molecule has 8 nitrogen and oxygen atoms in total. The van der Waals surface area contributed by atoms with Crippen LogP contribution in [0.25, 0.3) is 11.1 Å². The van der Waals surface area contributed by atoms with E-state index in [1.807, 2.05) is 48.5 Å². The Balaban J connectivity index is 1.19. The van der Waals surface area contributed by atoms with Crippen molar-refractivity contribution < 1.29 is 24.2 Å². The number of benzene rings is 3. The highest BCUT2D eigenvalue weighted by Gasteiger charge is 2.62. The van der Waals surface area contributed by atoms with Gasteiger partial charge in [0.15, 0.2) is 0 Å². The topological polar surface area (TPSA) is 103 Å². The fourth-order valence-corrected chi connectivity index (χ4v) is 6.29. The number of nitrogens with one attached hydrogen (secondary N) is 2. The van der Waals surface area contributed by atoms with Gasteiger partial charge in [-0.1, -0.05) is 60.1 Å². The Hall–Kier alpha value is -3.43. The van der Waals surface area contributed by atoms with Gasteiger partial charge < -0.3 is 19.9 Å². The maximum atomic E-state index is 13.1. The monoisotopic (exact) mass is 561 g/mol. The van der Waals surface area contributed by atoms with E-state index in [4.69, 9.17) is 21.1 Å². The lowest BCUT2D eigenvalue weighted by molar-refractivity contribution is -0.117. The van der Waals surface area contributed by atoms with Crippen molar-refractivity contribution in [3.63, 3.8) is 0 Å². The summed E-state index contributed by atoms with van der Waals surface area (Å²) in [5, 5.41) is 15.5. The summed E-state index contributed by atoms with van der Waals surface area (Å²) in [5.41, 5.74) is 4.19. The largest absolute Gasteiger partial charge is 0.446 e. The maximum absolute atomic E-state index is 13.1. The van der Waals surface area contributed by atoms with Crippen molar-refractivity contribution in [1.82, 2.24) is 4.90 Å². The molecule has 3 saturated heterocycles. The summed E-state index contributed by atoms with van der Waals surface area (Å²) in [4.78, 5) is 28.6. The summed E-state index contributed by atoms with van der Waals surface area (Å²) in [6.07, 6.45) is 1.37. The second-order valence-corrected chi connectivity index (χ2v) is 11.3. The van der Waals surface area contributed by atoms with Gasteiger partial charge in [0.25, 0.3) is 0 Å². The van der Waals surface area contributed by atoms with Crippen molar-refractivity contribution in [2.24, 2.45) is 0 Å². The SMILES string of the molecule is CC(C(=O)Nc1ccc(CO)cc1Cl)c1ccc(-c2ccccc2)c(NC(=O)OC2CC3C4OC4C(C2)N3C)c1. The quantitative estimate of drug-likeness (QED) is 0.334. The number of piperidine rings is 1. The van der Waals surface area contributed by atoms with Crippen LogP contribution in [0.2, 0.25) is 5.02 Å². The Morgan fingerprint density at radius 1 is 1.02 bits per heavy atom. The molecule has 0 aliphatic carbocycles. The van der Waals surface area contributed by atoms with Crippen LogP contribution in [-0.4, -0.2) is 59.5 Å². The van der Waals surface area contributed by atoms with Crippen molar-refractivity contribution in [3.05, 3.63) is 82.9 Å². The van der Waals surface area contributed by atoms with E-state index in [2.05, 4.69) is 22.6 Å². The molecule has 0 saturated carbocycles. The van der Waals surface area contributed by atoms with Crippen molar-refractivity contribution in [2.45, 2.75) is 62.7 Å². The van der Waals surface area contributed by atoms with Gasteiger partial charge in [0.05, 0.1) is 28.9 Å². The molecule has 3 fully saturated rings. The Kier molecular flexibility index (Phi) is 7.27. The number of hydrogen-bond acceptors (Lipinski definition) is 6. The molecule has 3 N–H and O–H groups in total. The lowest BCUT2D eigenvalue weighted by atomic mass is 9.95. The highest BCUT2D eigenvalue weighted by Crippen LogP contribution is 2.48. The average Bonchev–Trinajstić information content (AvgIpc) is 3.72. The molecule has 40 heavy (non-hydrogen) atoms. The second kappa shape index (κ2) is 10.9. The first kappa shape index (κ1) is 26.8. The number of morpholine rings is 1. The average molecular weight is 562 g/mol. The Labute approximate surface area is 238 Å². The molecule has 2 bridgehead atoms. The smallest absolute Gasteiger partial charge is 0.411 e. The van der Waals surface area contributed by atoms with E-state index >= 15 is 0 Å². The number of amides is 2. The molecule has 0 spiro atoms. The molecular weight excluding hydrogens is 530 g/mol. The van der Waals surface area contributed by atoms with Gasteiger partial charge in [-0.05, 0) is 48.9 Å². The van der Waals surface area contributed by atoms with Crippen LogP contribution in [0.15, 0.2) is 66.7 Å². The Bertz CT molecular complexity index is 1420. The van der Waals surface area contributed by atoms with Gasteiger partial charge in [0.2, 0.25) is 5.91 Å². The third kappa shape index (κ3) is 5.20. The zero-order valence-electron chi connectivity index (χ0n) is 22.3. The molecule has 3 aromatic carbocycles. The lowest BCUT2D eigenvalue weighted by Gasteiger charge is -2.37. The third-order valence-corrected chi connectivity index (χ3v) is 8.69. The van der Waals surface area contributed by atoms with Gasteiger partial charge >= 0.3 is 6.09 Å². The summed E-state index contributed by atoms with van der Waals surface area (Å²) < 4.78 is 11.7. The van der Waals surface area contributed by atoms with E-state index in [0.29, 0.717) is 22.0 Å². The first-order chi connectivity index (χ1) is 19.3. The van der Waals surface area contributed by atoms with E-state index in [1.165, 1.54) is 0 Å². The standard InChI is InChI=1S/C31H32ClN3O5/c1-17(30(37)33-24-11-8-18(16-36)12-23(24)32)20-9-10-22(19-6-4-3-5-7-19)25(13-20)34-31(38)39-21-14-26-28-29(40-28)27(15-21)35(26)2/h3-13,17,21,26-29,36H,14-16H2,1-2H3,(H,33,37)(H,34,38). The number of aliphatic hydroxyl groups is 1. The van der Waals surface area contributed by atoms with E-state index in [0.717, 1.165) is 29.5 Å². The van der Waals surface area contributed by atoms with Crippen molar-refractivity contribution >= 4 is 35.0 Å². The van der Waals surface area contributed by atoms with Crippen molar-refractivity contribution in [1.29, 1.82) is 0 Å². The predicted octanol–water partition coefficient (Wildman–Crippen LogP) is 5.40. The van der Waals surface area contributed by atoms with E-state index in [9.17, 15) is 14.7 Å². The number of fused-ring (bicyclic) bond motifs is 5. The molecule has 5 atom stereocenters. The molecule has 3 aliphatic heterocycles.